The fraction of sp³-hybridized carbons (Fsp3) is 1.00. The minimum Gasteiger partial charge on any atom is -0.314 e. The molecule has 0 amide bonds. The lowest BCUT2D eigenvalue weighted by molar-refractivity contribution is 0.309. The average Bonchev–Trinajstić information content (AvgIpc) is 2.21. The van der Waals surface area contributed by atoms with Gasteiger partial charge in [-0.05, 0) is 31.7 Å². The number of unbranched alkanes of at least 4 members (excludes halogenated alkanes) is 4. The van der Waals surface area contributed by atoms with Gasteiger partial charge in [0.1, 0.15) is 0 Å². The molecule has 0 aromatic rings. The van der Waals surface area contributed by atoms with Crippen molar-refractivity contribution in [1.82, 2.24) is 5.32 Å². The molecule has 0 bridgehead atoms. The summed E-state index contributed by atoms with van der Waals surface area (Å²) >= 11 is 0. The Hall–Kier alpha value is -0.0400. The zero-order valence-corrected chi connectivity index (χ0v) is 10.0. The molecule has 0 saturated carbocycles. The van der Waals surface area contributed by atoms with Crippen molar-refractivity contribution < 1.29 is 0 Å². The highest BCUT2D eigenvalue weighted by Gasteiger charge is 2.16. The summed E-state index contributed by atoms with van der Waals surface area (Å²) in [7, 11) is 0. The van der Waals surface area contributed by atoms with Crippen molar-refractivity contribution in [2.24, 2.45) is 5.92 Å². The van der Waals surface area contributed by atoms with Gasteiger partial charge in [-0.2, -0.15) is 0 Å². The van der Waals surface area contributed by atoms with E-state index < -0.39 is 0 Å². The number of rotatable bonds is 6. The molecule has 0 aliphatic carbocycles. The topological polar surface area (TPSA) is 12.0 Å². The first-order valence-electron chi connectivity index (χ1n) is 6.56. The Bertz CT molecular complexity index is 125. The molecule has 0 aromatic carbocycles. The highest BCUT2D eigenvalue weighted by atomic mass is 14.9. The lowest BCUT2D eigenvalue weighted by Crippen LogP contribution is -2.37. The number of hydrogen-bond donors (Lipinski definition) is 1. The standard InChI is InChI=1S/C13H27N/c1-3-4-5-6-7-8-13-10-9-12(2)11-14-13/h12-14H,3-11H2,1-2H3. The van der Waals surface area contributed by atoms with Crippen LogP contribution in [0.3, 0.4) is 0 Å². The minimum atomic E-state index is 0.841. The Labute approximate surface area is 89.7 Å². The summed E-state index contributed by atoms with van der Waals surface area (Å²) < 4.78 is 0. The molecule has 0 radical (unpaired) electrons. The maximum atomic E-state index is 3.66. The fourth-order valence-electron chi connectivity index (χ4n) is 2.30. The van der Waals surface area contributed by atoms with E-state index >= 15 is 0 Å². The first-order chi connectivity index (χ1) is 6.83. The van der Waals surface area contributed by atoms with Crippen LogP contribution in [0.4, 0.5) is 0 Å². The highest BCUT2D eigenvalue weighted by molar-refractivity contribution is 4.75. The Morgan fingerprint density at radius 3 is 2.50 bits per heavy atom. The Balaban J connectivity index is 1.91. The smallest absolute Gasteiger partial charge is 0.00672 e. The second kappa shape index (κ2) is 7.28. The van der Waals surface area contributed by atoms with Crippen molar-refractivity contribution in [1.29, 1.82) is 0 Å². The van der Waals surface area contributed by atoms with E-state index in [0.717, 1.165) is 12.0 Å². The van der Waals surface area contributed by atoms with Crippen molar-refractivity contribution in [2.75, 3.05) is 6.54 Å². The van der Waals surface area contributed by atoms with E-state index in [4.69, 9.17) is 0 Å². The molecule has 1 rings (SSSR count). The minimum absolute atomic E-state index is 0.841. The quantitative estimate of drug-likeness (QED) is 0.640. The van der Waals surface area contributed by atoms with Gasteiger partial charge in [0.15, 0.2) is 0 Å². The van der Waals surface area contributed by atoms with Crippen LogP contribution >= 0.6 is 0 Å². The molecule has 1 heteroatoms. The molecule has 0 spiro atoms. The molecule has 1 nitrogen and oxygen atoms in total. The van der Waals surface area contributed by atoms with Gasteiger partial charge in [-0.15, -0.1) is 0 Å². The van der Waals surface area contributed by atoms with Gasteiger partial charge in [0.2, 0.25) is 0 Å². The molecule has 1 fully saturated rings. The molecular weight excluding hydrogens is 170 g/mol. The normalized spacial score (nSPS) is 27.9. The Morgan fingerprint density at radius 2 is 1.86 bits per heavy atom. The van der Waals surface area contributed by atoms with Crippen LogP contribution in [0.25, 0.3) is 0 Å². The van der Waals surface area contributed by atoms with E-state index in [-0.39, 0.29) is 0 Å². The van der Waals surface area contributed by atoms with Gasteiger partial charge < -0.3 is 5.32 Å². The Kier molecular flexibility index (Phi) is 6.25. The molecule has 0 aromatic heterocycles. The molecule has 2 atom stereocenters. The molecule has 1 aliphatic rings. The van der Waals surface area contributed by atoms with Crippen LogP contribution in [0.1, 0.15) is 65.2 Å². The van der Waals surface area contributed by atoms with Crippen molar-refractivity contribution in [3.05, 3.63) is 0 Å². The zero-order chi connectivity index (χ0) is 10.2. The molecule has 14 heavy (non-hydrogen) atoms. The molecule has 2 unspecified atom stereocenters. The summed E-state index contributed by atoms with van der Waals surface area (Å²) in [5.41, 5.74) is 0. The third-order valence-electron chi connectivity index (χ3n) is 3.42. The molecule has 1 saturated heterocycles. The van der Waals surface area contributed by atoms with Crippen LogP contribution in [0, 0.1) is 5.92 Å². The van der Waals surface area contributed by atoms with Crippen molar-refractivity contribution in [2.45, 2.75) is 71.3 Å². The largest absolute Gasteiger partial charge is 0.314 e. The van der Waals surface area contributed by atoms with Gasteiger partial charge in [-0.3, -0.25) is 0 Å². The third kappa shape index (κ3) is 4.99. The zero-order valence-electron chi connectivity index (χ0n) is 10.0. The summed E-state index contributed by atoms with van der Waals surface area (Å²) in [5.74, 6) is 0.909. The summed E-state index contributed by atoms with van der Waals surface area (Å²) in [6, 6.07) is 0.841. The maximum absolute atomic E-state index is 3.66. The van der Waals surface area contributed by atoms with Crippen LogP contribution in [-0.2, 0) is 0 Å². The highest BCUT2D eigenvalue weighted by Crippen LogP contribution is 2.17. The van der Waals surface area contributed by atoms with Gasteiger partial charge >= 0.3 is 0 Å². The number of hydrogen-bond acceptors (Lipinski definition) is 1. The number of piperidine rings is 1. The van der Waals surface area contributed by atoms with Crippen LogP contribution in [0.15, 0.2) is 0 Å². The van der Waals surface area contributed by atoms with Gasteiger partial charge in [0.25, 0.3) is 0 Å². The maximum Gasteiger partial charge on any atom is 0.00672 e. The van der Waals surface area contributed by atoms with Gasteiger partial charge in [0.05, 0.1) is 0 Å². The van der Waals surface area contributed by atoms with Crippen LogP contribution in [-0.4, -0.2) is 12.6 Å². The summed E-state index contributed by atoms with van der Waals surface area (Å²) in [6.07, 6.45) is 11.4. The van der Waals surface area contributed by atoms with Crippen LogP contribution in [0.2, 0.25) is 0 Å². The predicted molar refractivity (Wildman–Crippen MR) is 63.6 cm³/mol. The number of nitrogens with one attached hydrogen (secondary N) is 1. The monoisotopic (exact) mass is 197 g/mol. The first-order valence-corrected chi connectivity index (χ1v) is 6.56. The molecule has 1 heterocycles. The van der Waals surface area contributed by atoms with E-state index in [1.54, 1.807) is 0 Å². The summed E-state index contributed by atoms with van der Waals surface area (Å²) in [6.45, 7) is 5.88. The van der Waals surface area contributed by atoms with E-state index in [0.29, 0.717) is 0 Å². The molecule has 1 aliphatic heterocycles. The SMILES string of the molecule is CCCCCCCC1CCC(C)CN1. The summed E-state index contributed by atoms with van der Waals surface area (Å²) in [5, 5.41) is 3.66. The van der Waals surface area contributed by atoms with E-state index in [1.807, 2.05) is 0 Å². The fourth-order valence-corrected chi connectivity index (χ4v) is 2.30. The van der Waals surface area contributed by atoms with E-state index in [1.165, 1.54) is 57.9 Å². The van der Waals surface area contributed by atoms with Gasteiger partial charge in [0, 0.05) is 6.04 Å². The second-order valence-corrected chi connectivity index (χ2v) is 4.99. The van der Waals surface area contributed by atoms with E-state index in [9.17, 15) is 0 Å². The summed E-state index contributed by atoms with van der Waals surface area (Å²) in [4.78, 5) is 0. The van der Waals surface area contributed by atoms with Crippen molar-refractivity contribution in [3.8, 4) is 0 Å². The van der Waals surface area contributed by atoms with Gasteiger partial charge in [-0.1, -0.05) is 46.0 Å². The lowest BCUT2D eigenvalue weighted by atomic mass is 9.93. The Morgan fingerprint density at radius 1 is 1.07 bits per heavy atom. The predicted octanol–water partition coefficient (Wildman–Crippen LogP) is 3.74. The van der Waals surface area contributed by atoms with Crippen molar-refractivity contribution >= 4 is 0 Å². The average molecular weight is 197 g/mol. The molecule has 1 N–H and O–H groups in total. The first kappa shape index (κ1) is 12.0. The van der Waals surface area contributed by atoms with Crippen LogP contribution in [0.5, 0.6) is 0 Å². The third-order valence-corrected chi connectivity index (χ3v) is 3.42. The second-order valence-electron chi connectivity index (χ2n) is 4.99. The van der Waals surface area contributed by atoms with Crippen molar-refractivity contribution in [3.63, 3.8) is 0 Å². The molecular formula is C13H27N. The lowest BCUT2D eigenvalue weighted by Gasteiger charge is -2.27. The van der Waals surface area contributed by atoms with E-state index in [2.05, 4.69) is 19.2 Å². The van der Waals surface area contributed by atoms with Gasteiger partial charge in [-0.25, -0.2) is 0 Å². The van der Waals surface area contributed by atoms with Crippen LogP contribution < -0.4 is 5.32 Å². The molecule has 84 valence electrons.